The number of hydrogen-bond acceptors (Lipinski definition) is 8. The van der Waals surface area contributed by atoms with Crippen LogP contribution in [0.1, 0.15) is 58.6 Å². The Morgan fingerprint density at radius 1 is 0.837 bits per heavy atom. The molecule has 254 valence electrons. The van der Waals surface area contributed by atoms with Gasteiger partial charge in [0, 0.05) is 25.1 Å². The van der Waals surface area contributed by atoms with Crippen LogP contribution in [-0.4, -0.2) is 58.6 Å². The minimum atomic E-state index is -0.973. The molecule has 0 aliphatic carbocycles. The molecule has 0 bridgehead atoms. The van der Waals surface area contributed by atoms with E-state index in [1.807, 2.05) is 97.1 Å². The molecule has 49 heavy (non-hydrogen) atoms. The van der Waals surface area contributed by atoms with E-state index in [0.717, 1.165) is 39.3 Å². The first-order valence-corrected chi connectivity index (χ1v) is 16.5. The number of imide groups is 1. The van der Waals surface area contributed by atoms with Crippen LogP contribution in [0.25, 0.3) is 0 Å². The van der Waals surface area contributed by atoms with Crippen LogP contribution >= 0.6 is 0 Å². The lowest BCUT2D eigenvalue weighted by Crippen LogP contribution is -2.41. The summed E-state index contributed by atoms with van der Waals surface area (Å²) < 4.78 is 18.2. The van der Waals surface area contributed by atoms with Crippen molar-refractivity contribution in [3.05, 3.63) is 143 Å². The predicted octanol–water partition coefficient (Wildman–Crippen LogP) is 5.41. The molecule has 2 aliphatic rings. The molecule has 2 fully saturated rings. The van der Waals surface area contributed by atoms with E-state index in [1.54, 1.807) is 0 Å². The third-order valence-corrected chi connectivity index (χ3v) is 8.77. The maximum Gasteiger partial charge on any atom is 0.408 e. The fourth-order valence-corrected chi connectivity index (χ4v) is 6.17. The van der Waals surface area contributed by atoms with E-state index in [0.29, 0.717) is 13.0 Å². The summed E-state index contributed by atoms with van der Waals surface area (Å²) >= 11 is 0. The largest absolute Gasteiger partial charge is 0.445 e. The second-order valence-electron chi connectivity index (χ2n) is 12.6. The minimum absolute atomic E-state index is 0.0239. The molecule has 0 aromatic heterocycles. The lowest BCUT2D eigenvalue weighted by atomic mass is 9.99. The van der Waals surface area contributed by atoms with Gasteiger partial charge in [-0.1, -0.05) is 109 Å². The first-order valence-electron chi connectivity index (χ1n) is 16.5. The summed E-state index contributed by atoms with van der Waals surface area (Å²) in [5.41, 5.74) is 5.46. The summed E-state index contributed by atoms with van der Waals surface area (Å²) in [5.74, 6) is -0.832. The van der Waals surface area contributed by atoms with E-state index in [2.05, 4.69) is 29.4 Å². The van der Waals surface area contributed by atoms with Gasteiger partial charge in [-0.15, -0.1) is 0 Å². The van der Waals surface area contributed by atoms with Crippen LogP contribution in [0.5, 0.6) is 0 Å². The number of rotatable bonds is 12. The highest BCUT2D eigenvalue weighted by molar-refractivity contribution is 6.06. The number of alkyl carbamates (subject to hydrolysis) is 1. The molecule has 10 heteroatoms. The van der Waals surface area contributed by atoms with Crippen molar-refractivity contribution < 1.29 is 33.7 Å². The van der Waals surface area contributed by atoms with Crippen molar-refractivity contribution in [1.82, 2.24) is 15.1 Å². The molecule has 0 saturated carbocycles. The summed E-state index contributed by atoms with van der Waals surface area (Å²) in [6, 6.07) is 33.8. The number of aliphatic hydroxyl groups is 1. The Labute approximate surface area is 286 Å². The number of nitrogens with zero attached hydrogens (tertiary/aromatic N) is 2. The summed E-state index contributed by atoms with van der Waals surface area (Å²) in [7, 11) is 2.08. The van der Waals surface area contributed by atoms with Crippen molar-refractivity contribution in [3.8, 4) is 0 Å². The van der Waals surface area contributed by atoms with Gasteiger partial charge in [0.25, 0.3) is 5.91 Å². The normalized spacial score (nSPS) is 20.8. The fraction of sp³-hybridized carbons (Fsp3) is 0.308. The van der Waals surface area contributed by atoms with E-state index in [9.17, 15) is 19.5 Å². The van der Waals surface area contributed by atoms with Crippen LogP contribution in [0.4, 0.5) is 4.79 Å². The average molecular weight is 664 g/mol. The number of aliphatic hydroxyl groups excluding tert-OH is 1. The predicted molar refractivity (Wildman–Crippen MR) is 181 cm³/mol. The summed E-state index contributed by atoms with van der Waals surface area (Å²) in [4.78, 5) is 41.6. The van der Waals surface area contributed by atoms with Gasteiger partial charge in [0.1, 0.15) is 12.6 Å². The number of amides is 3. The van der Waals surface area contributed by atoms with Crippen LogP contribution in [0.2, 0.25) is 0 Å². The van der Waals surface area contributed by atoms with E-state index in [1.165, 1.54) is 5.56 Å². The van der Waals surface area contributed by atoms with Crippen molar-refractivity contribution in [3.63, 3.8) is 0 Å². The molecule has 4 aromatic rings. The molecular formula is C39H41N3O7. The average Bonchev–Trinajstić information content (AvgIpc) is 3.38. The second-order valence-corrected chi connectivity index (χ2v) is 12.6. The molecule has 2 heterocycles. The topological polar surface area (TPSA) is 118 Å². The molecule has 0 radical (unpaired) electrons. The number of likely N-dealkylation sites (tertiary alicyclic amines) is 1. The Morgan fingerprint density at radius 2 is 1.47 bits per heavy atom. The van der Waals surface area contributed by atoms with Gasteiger partial charge in [-0.2, -0.15) is 0 Å². The molecule has 0 spiro atoms. The van der Waals surface area contributed by atoms with Crippen molar-refractivity contribution in [2.45, 2.75) is 63.7 Å². The number of carbonyl (C=O) groups excluding carboxylic acids is 3. The number of carbonyl (C=O) groups is 3. The molecule has 6 rings (SSSR count). The summed E-state index contributed by atoms with van der Waals surface area (Å²) in [6.45, 7) is 1.61. The molecule has 2 saturated heterocycles. The number of nitrogens with one attached hydrogen (secondary N) is 1. The number of likely N-dealkylation sites (N-methyl/N-ethyl adjacent to an activating group) is 1. The third-order valence-electron chi connectivity index (χ3n) is 8.77. The van der Waals surface area contributed by atoms with Crippen molar-refractivity contribution in [1.29, 1.82) is 0 Å². The Morgan fingerprint density at radius 3 is 2.14 bits per heavy atom. The van der Waals surface area contributed by atoms with Crippen LogP contribution in [0.15, 0.2) is 109 Å². The SMILES string of the molecule is CN(Cc1ccccc1)C[C@H]1C[C@@H](c2ccc(CO)cc2)O[C@@H](c2ccc(CN3C(=O)CC(NC(=O)OCc4ccccc4)C3=O)cc2)O1. The zero-order valence-electron chi connectivity index (χ0n) is 27.4. The van der Waals surface area contributed by atoms with Crippen molar-refractivity contribution in [2.75, 3.05) is 13.6 Å². The van der Waals surface area contributed by atoms with Crippen molar-refractivity contribution >= 4 is 17.9 Å². The van der Waals surface area contributed by atoms with E-state index < -0.39 is 24.3 Å². The molecule has 2 N–H and O–H groups in total. The monoisotopic (exact) mass is 663 g/mol. The highest BCUT2D eigenvalue weighted by Gasteiger charge is 2.40. The van der Waals surface area contributed by atoms with Gasteiger partial charge in [-0.25, -0.2) is 4.79 Å². The summed E-state index contributed by atoms with van der Waals surface area (Å²) in [6.07, 6.45) is -1.17. The minimum Gasteiger partial charge on any atom is -0.445 e. The fourth-order valence-electron chi connectivity index (χ4n) is 6.17. The maximum absolute atomic E-state index is 13.1. The molecule has 1 unspecified atom stereocenters. The quantitative estimate of drug-likeness (QED) is 0.193. The van der Waals surface area contributed by atoms with Gasteiger partial charge in [0.05, 0.1) is 31.8 Å². The zero-order valence-corrected chi connectivity index (χ0v) is 27.4. The molecule has 2 aliphatic heterocycles. The van der Waals surface area contributed by atoms with Crippen LogP contribution in [-0.2, 0) is 50.1 Å². The van der Waals surface area contributed by atoms with Crippen LogP contribution < -0.4 is 5.32 Å². The summed E-state index contributed by atoms with van der Waals surface area (Å²) in [5, 5.41) is 12.0. The lowest BCUT2D eigenvalue weighted by Gasteiger charge is -2.38. The van der Waals surface area contributed by atoms with Gasteiger partial charge < -0.3 is 24.6 Å². The Hall–Kier alpha value is -4.87. The number of hydrogen-bond donors (Lipinski definition) is 2. The molecule has 10 nitrogen and oxygen atoms in total. The Bertz CT molecular complexity index is 1700. The first kappa shape index (κ1) is 34.0. The molecular weight excluding hydrogens is 622 g/mol. The van der Waals surface area contributed by atoms with Crippen molar-refractivity contribution in [2.24, 2.45) is 0 Å². The van der Waals surface area contributed by atoms with E-state index in [4.69, 9.17) is 14.2 Å². The zero-order chi connectivity index (χ0) is 34.2. The van der Waals surface area contributed by atoms with Gasteiger partial charge in [0.2, 0.25) is 5.91 Å². The molecule has 3 amide bonds. The highest BCUT2D eigenvalue weighted by atomic mass is 16.7. The lowest BCUT2D eigenvalue weighted by molar-refractivity contribution is -0.252. The molecule has 4 atom stereocenters. The number of benzene rings is 4. The highest BCUT2D eigenvalue weighted by Crippen LogP contribution is 2.38. The maximum atomic E-state index is 13.1. The van der Waals surface area contributed by atoms with E-state index in [-0.39, 0.29) is 44.3 Å². The third kappa shape index (κ3) is 8.98. The van der Waals surface area contributed by atoms with E-state index >= 15 is 0 Å². The Balaban J connectivity index is 1.09. The van der Waals surface area contributed by atoms with Gasteiger partial charge >= 0.3 is 6.09 Å². The van der Waals surface area contributed by atoms with Gasteiger partial charge in [0.15, 0.2) is 6.29 Å². The van der Waals surface area contributed by atoms with Gasteiger partial charge in [-0.3, -0.25) is 19.4 Å². The number of ether oxygens (including phenoxy) is 3. The first-order chi connectivity index (χ1) is 23.8. The molecule has 4 aromatic carbocycles. The van der Waals surface area contributed by atoms with Crippen LogP contribution in [0, 0.1) is 0 Å². The second kappa shape index (κ2) is 16.0. The van der Waals surface area contributed by atoms with Gasteiger partial charge in [-0.05, 0) is 34.9 Å². The smallest absolute Gasteiger partial charge is 0.408 e. The van der Waals surface area contributed by atoms with Crippen LogP contribution in [0.3, 0.4) is 0 Å². The standard InChI is InChI=1S/C39H41N3O7/c1-41(22-27-8-4-2-5-9-27)24-33-20-35(31-16-14-29(25-43)15-17-31)49-38(48-33)32-18-12-28(13-19-32)23-42-36(44)21-34(37(42)45)40-39(46)47-26-30-10-6-3-7-11-30/h2-19,33-35,38,43H,20-26H2,1H3,(H,40,46)/t33-,34?,35+,38+/m1/s1. The Kier molecular flexibility index (Phi) is 11.1.